The molecule has 2 fully saturated rings. The summed E-state index contributed by atoms with van der Waals surface area (Å²) in [6.45, 7) is 6.94. The molecule has 2 aromatic carbocycles. The van der Waals surface area contributed by atoms with Crippen LogP contribution in [0.5, 0.6) is 0 Å². The Morgan fingerprint density at radius 3 is 2.54 bits per heavy atom. The van der Waals surface area contributed by atoms with Gasteiger partial charge in [-0.2, -0.15) is 0 Å². The zero-order chi connectivity index (χ0) is 18.1. The number of nitrogens with zero attached hydrogens (tertiary/aromatic N) is 3. The van der Waals surface area contributed by atoms with Gasteiger partial charge < -0.3 is 9.80 Å². The molecule has 2 aliphatic heterocycles. The number of hydrogen-bond acceptors (Lipinski definition) is 2. The summed E-state index contributed by atoms with van der Waals surface area (Å²) in [7, 11) is 0. The minimum atomic E-state index is -0.245. The Morgan fingerprint density at radius 1 is 1.00 bits per heavy atom. The van der Waals surface area contributed by atoms with Gasteiger partial charge in [0.2, 0.25) is 0 Å². The van der Waals surface area contributed by atoms with E-state index in [9.17, 15) is 9.18 Å². The summed E-state index contributed by atoms with van der Waals surface area (Å²) in [4.78, 5) is 19.0. The Labute approximate surface area is 153 Å². The fraction of sp³-hybridized carbons (Fsp3) is 0.381. The van der Waals surface area contributed by atoms with E-state index in [0.717, 1.165) is 38.3 Å². The van der Waals surface area contributed by atoms with E-state index in [0.29, 0.717) is 6.54 Å². The largest absolute Gasteiger partial charge is 0.320 e. The van der Waals surface area contributed by atoms with Gasteiger partial charge in [0.25, 0.3) is 0 Å². The lowest BCUT2D eigenvalue weighted by Crippen LogP contribution is -2.51. The van der Waals surface area contributed by atoms with Gasteiger partial charge in [0.1, 0.15) is 5.82 Å². The van der Waals surface area contributed by atoms with E-state index in [4.69, 9.17) is 0 Å². The van der Waals surface area contributed by atoms with Crippen LogP contribution in [0.25, 0.3) is 0 Å². The second-order valence-corrected chi connectivity index (χ2v) is 7.30. The van der Waals surface area contributed by atoms with Gasteiger partial charge >= 0.3 is 6.03 Å². The summed E-state index contributed by atoms with van der Waals surface area (Å²) in [6.07, 6.45) is 0. The van der Waals surface area contributed by atoms with Crippen LogP contribution in [-0.2, 0) is 13.1 Å². The van der Waals surface area contributed by atoms with Gasteiger partial charge in [0, 0.05) is 39.3 Å². The van der Waals surface area contributed by atoms with Gasteiger partial charge in [-0.25, -0.2) is 9.18 Å². The first-order valence-corrected chi connectivity index (χ1v) is 9.17. The van der Waals surface area contributed by atoms with Crippen LogP contribution in [0.3, 0.4) is 0 Å². The predicted octanol–water partition coefficient (Wildman–Crippen LogP) is 3.26. The second-order valence-electron chi connectivity index (χ2n) is 7.30. The van der Waals surface area contributed by atoms with Crippen molar-refractivity contribution in [2.75, 3.05) is 26.2 Å². The molecule has 4 nitrogen and oxygen atoms in total. The zero-order valence-corrected chi connectivity index (χ0v) is 15.1. The van der Waals surface area contributed by atoms with Crippen molar-refractivity contribution >= 4 is 6.03 Å². The average molecular weight is 353 g/mol. The molecule has 26 heavy (non-hydrogen) atoms. The fourth-order valence-corrected chi connectivity index (χ4v) is 3.96. The lowest BCUT2D eigenvalue weighted by molar-refractivity contribution is 0.116. The molecule has 0 bridgehead atoms. The van der Waals surface area contributed by atoms with Crippen molar-refractivity contribution in [3.63, 3.8) is 0 Å². The number of fused-ring (bicyclic) bond motifs is 1. The first-order chi connectivity index (χ1) is 12.6. The monoisotopic (exact) mass is 353 g/mol. The van der Waals surface area contributed by atoms with Gasteiger partial charge in [-0.05, 0) is 35.7 Å². The maximum atomic E-state index is 13.1. The third kappa shape index (κ3) is 3.44. The van der Waals surface area contributed by atoms with Crippen molar-refractivity contribution in [3.05, 3.63) is 71.0 Å². The van der Waals surface area contributed by atoms with Crippen LogP contribution in [-0.4, -0.2) is 53.0 Å². The third-order valence-corrected chi connectivity index (χ3v) is 5.46. The van der Waals surface area contributed by atoms with E-state index >= 15 is 0 Å². The lowest BCUT2D eigenvalue weighted by atomic mass is 10.1. The summed E-state index contributed by atoms with van der Waals surface area (Å²) < 4.78 is 13.1. The lowest BCUT2D eigenvalue weighted by Gasteiger charge is -2.36. The quantitative estimate of drug-likeness (QED) is 0.844. The normalized spacial score (nSPS) is 20.5. The highest BCUT2D eigenvalue weighted by molar-refractivity contribution is 5.77. The fourth-order valence-electron chi connectivity index (χ4n) is 3.96. The van der Waals surface area contributed by atoms with Crippen LogP contribution >= 0.6 is 0 Å². The molecule has 2 aliphatic rings. The maximum absolute atomic E-state index is 13.1. The molecule has 1 atom stereocenters. The molecule has 4 rings (SSSR count). The Balaban J connectivity index is 1.40. The maximum Gasteiger partial charge on any atom is 0.320 e. The van der Waals surface area contributed by atoms with Gasteiger partial charge in [0.15, 0.2) is 0 Å². The van der Waals surface area contributed by atoms with E-state index in [-0.39, 0.29) is 17.9 Å². The number of hydrogen-bond donors (Lipinski definition) is 0. The number of benzene rings is 2. The number of carbonyl (C=O) groups is 1. The molecule has 2 amide bonds. The topological polar surface area (TPSA) is 26.8 Å². The standard InChI is InChI=1S/C21H24FN3O/c1-16-4-2-3-5-18(16)13-23-10-11-25-20(14-23)15-24(21(25)26)12-17-6-8-19(22)9-7-17/h2-9,20H,10-15H2,1H3. The number of piperazine rings is 1. The Bertz CT molecular complexity index is 792. The molecule has 0 aliphatic carbocycles. The highest BCUT2D eigenvalue weighted by Gasteiger charge is 2.40. The summed E-state index contributed by atoms with van der Waals surface area (Å²) in [5.41, 5.74) is 3.64. The minimum Gasteiger partial charge on any atom is -0.318 e. The Kier molecular flexibility index (Phi) is 4.64. The van der Waals surface area contributed by atoms with E-state index in [1.54, 1.807) is 12.1 Å². The summed E-state index contributed by atoms with van der Waals surface area (Å²) in [5, 5.41) is 0. The molecule has 2 saturated heterocycles. The van der Waals surface area contributed by atoms with Gasteiger partial charge in [-0.3, -0.25) is 4.90 Å². The molecule has 1 unspecified atom stereocenters. The number of urea groups is 1. The number of amides is 2. The molecule has 5 heteroatoms. The summed E-state index contributed by atoms with van der Waals surface area (Å²) in [6, 6.07) is 15.2. The third-order valence-electron chi connectivity index (χ3n) is 5.46. The number of aryl methyl sites for hydroxylation is 1. The first kappa shape index (κ1) is 17.0. The molecule has 0 radical (unpaired) electrons. The molecule has 0 spiro atoms. The average Bonchev–Trinajstić information content (AvgIpc) is 2.94. The predicted molar refractivity (Wildman–Crippen MR) is 99.2 cm³/mol. The van der Waals surface area contributed by atoms with Crippen LogP contribution in [0.4, 0.5) is 9.18 Å². The van der Waals surface area contributed by atoms with Gasteiger partial charge in [0.05, 0.1) is 6.04 Å². The highest BCUT2D eigenvalue weighted by atomic mass is 19.1. The molecular weight excluding hydrogens is 329 g/mol. The minimum absolute atomic E-state index is 0.106. The molecule has 2 aromatic rings. The Morgan fingerprint density at radius 2 is 1.77 bits per heavy atom. The van der Waals surface area contributed by atoms with E-state index < -0.39 is 0 Å². The number of carbonyl (C=O) groups excluding carboxylic acids is 1. The van der Waals surface area contributed by atoms with Crippen LogP contribution in [0.15, 0.2) is 48.5 Å². The van der Waals surface area contributed by atoms with E-state index in [1.807, 2.05) is 9.80 Å². The summed E-state index contributed by atoms with van der Waals surface area (Å²) in [5.74, 6) is -0.245. The smallest absolute Gasteiger partial charge is 0.318 e. The highest BCUT2D eigenvalue weighted by Crippen LogP contribution is 2.24. The second kappa shape index (κ2) is 7.08. The zero-order valence-electron chi connectivity index (χ0n) is 15.1. The molecular formula is C21H24FN3O. The first-order valence-electron chi connectivity index (χ1n) is 9.17. The van der Waals surface area contributed by atoms with Crippen molar-refractivity contribution in [2.24, 2.45) is 0 Å². The van der Waals surface area contributed by atoms with Crippen LogP contribution in [0.1, 0.15) is 16.7 Å². The van der Waals surface area contributed by atoms with Gasteiger partial charge in [-0.15, -0.1) is 0 Å². The molecule has 0 N–H and O–H groups in total. The van der Waals surface area contributed by atoms with E-state index in [1.165, 1.54) is 23.3 Å². The molecule has 2 heterocycles. The number of halogens is 1. The SMILES string of the molecule is Cc1ccccc1CN1CCN2C(=O)N(Cc3ccc(F)cc3)CC2C1. The van der Waals surface area contributed by atoms with Crippen molar-refractivity contribution in [1.82, 2.24) is 14.7 Å². The molecule has 136 valence electrons. The van der Waals surface area contributed by atoms with E-state index in [2.05, 4.69) is 36.1 Å². The molecule has 0 saturated carbocycles. The van der Waals surface area contributed by atoms with Crippen molar-refractivity contribution in [2.45, 2.75) is 26.1 Å². The Hall–Kier alpha value is -2.40. The van der Waals surface area contributed by atoms with Crippen LogP contribution < -0.4 is 0 Å². The van der Waals surface area contributed by atoms with Crippen LogP contribution in [0, 0.1) is 12.7 Å². The number of rotatable bonds is 4. The molecule has 0 aromatic heterocycles. The van der Waals surface area contributed by atoms with Crippen molar-refractivity contribution in [1.29, 1.82) is 0 Å². The van der Waals surface area contributed by atoms with Crippen LogP contribution in [0.2, 0.25) is 0 Å². The van der Waals surface area contributed by atoms with Crippen molar-refractivity contribution < 1.29 is 9.18 Å². The van der Waals surface area contributed by atoms with Crippen molar-refractivity contribution in [3.8, 4) is 0 Å². The summed E-state index contributed by atoms with van der Waals surface area (Å²) >= 11 is 0. The van der Waals surface area contributed by atoms with Gasteiger partial charge in [-0.1, -0.05) is 36.4 Å².